The Bertz CT molecular complexity index is 645. The van der Waals surface area contributed by atoms with Gasteiger partial charge < -0.3 is 10.1 Å². The minimum absolute atomic E-state index is 0.00854. The van der Waals surface area contributed by atoms with Crippen molar-refractivity contribution in [3.05, 3.63) is 59.7 Å². The highest BCUT2D eigenvalue weighted by Crippen LogP contribution is 2.21. The first-order valence-corrected chi connectivity index (χ1v) is 8.62. The first-order valence-electron chi connectivity index (χ1n) is 8.62. The smallest absolute Gasteiger partial charge is 0.262 e. The maximum atomic E-state index is 12.0. The second-order valence-corrected chi connectivity index (χ2v) is 6.49. The number of rotatable bonds is 7. The number of benzene rings is 2. The molecule has 0 saturated carbocycles. The molecule has 2 rings (SSSR count). The van der Waals surface area contributed by atoms with E-state index in [1.54, 1.807) is 0 Å². The summed E-state index contributed by atoms with van der Waals surface area (Å²) in [5.41, 5.74) is 3.34. The van der Waals surface area contributed by atoms with E-state index in [-0.39, 0.29) is 12.5 Å². The molecule has 0 fully saturated rings. The summed E-state index contributed by atoms with van der Waals surface area (Å²) in [7, 11) is 0. The van der Waals surface area contributed by atoms with Gasteiger partial charge in [0.1, 0.15) is 5.75 Å². The fourth-order valence-corrected chi connectivity index (χ4v) is 2.43. The highest BCUT2D eigenvalue weighted by atomic mass is 16.5. The molecule has 2 aromatic carbocycles. The van der Waals surface area contributed by atoms with Gasteiger partial charge in [-0.15, -0.1) is 0 Å². The normalized spacial score (nSPS) is 12.0. The number of nitrogens with one attached hydrogen (secondary N) is 1. The molecule has 0 aliphatic rings. The Labute approximate surface area is 145 Å². The summed E-state index contributed by atoms with van der Waals surface area (Å²) in [6.45, 7) is 8.68. The molecule has 0 aliphatic carbocycles. The van der Waals surface area contributed by atoms with Crippen molar-refractivity contribution in [3.63, 3.8) is 0 Å². The van der Waals surface area contributed by atoms with Crippen molar-refractivity contribution < 1.29 is 9.53 Å². The Morgan fingerprint density at radius 3 is 2.08 bits per heavy atom. The van der Waals surface area contributed by atoms with Gasteiger partial charge in [-0.25, -0.2) is 0 Å². The van der Waals surface area contributed by atoms with Crippen LogP contribution in [0.3, 0.4) is 0 Å². The molecule has 24 heavy (non-hydrogen) atoms. The topological polar surface area (TPSA) is 38.3 Å². The number of amides is 1. The Balaban J connectivity index is 1.84. The van der Waals surface area contributed by atoms with Crippen LogP contribution in [0.1, 0.15) is 57.1 Å². The molecule has 3 heteroatoms. The van der Waals surface area contributed by atoms with Gasteiger partial charge in [0.25, 0.3) is 5.91 Å². The van der Waals surface area contributed by atoms with E-state index in [1.807, 2.05) is 36.4 Å². The van der Waals surface area contributed by atoms with Crippen molar-refractivity contribution in [1.29, 1.82) is 0 Å². The molecule has 0 heterocycles. The van der Waals surface area contributed by atoms with Crippen molar-refractivity contribution >= 4 is 11.6 Å². The number of carbonyl (C=O) groups excluding carboxylic acids is 1. The lowest BCUT2D eigenvalue weighted by Crippen LogP contribution is -2.20. The van der Waals surface area contributed by atoms with E-state index in [2.05, 4.69) is 45.1 Å². The van der Waals surface area contributed by atoms with Crippen LogP contribution in [0.5, 0.6) is 5.75 Å². The zero-order valence-corrected chi connectivity index (χ0v) is 15.0. The summed E-state index contributed by atoms with van der Waals surface area (Å²) in [5, 5.41) is 2.85. The molecule has 1 amide bonds. The van der Waals surface area contributed by atoms with Crippen LogP contribution in [0.2, 0.25) is 0 Å². The Hall–Kier alpha value is -2.29. The van der Waals surface area contributed by atoms with Crippen LogP contribution in [-0.2, 0) is 4.79 Å². The van der Waals surface area contributed by atoms with Crippen LogP contribution in [0.4, 0.5) is 5.69 Å². The van der Waals surface area contributed by atoms with Crippen molar-refractivity contribution in [2.45, 2.75) is 46.0 Å². The summed E-state index contributed by atoms with van der Waals surface area (Å²) in [4.78, 5) is 12.0. The summed E-state index contributed by atoms with van der Waals surface area (Å²) in [6, 6.07) is 15.9. The highest BCUT2D eigenvalue weighted by molar-refractivity contribution is 5.91. The van der Waals surface area contributed by atoms with E-state index in [0.717, 1.165) is 12.1 Å². The number of carbonyl (C=O) groups is 1. The summed E-state index contributed by atoms with van der Waals surface area (Å²) >= 11 is 0. The Morgan fingerprint density at radius 1 is 0.958 bits per heavy atom. The zero-order valence-electron chi connectivity index (χ0n) is 15.0. The third kappa shape index (κ3) is 5.12. The fraction of sp³-hybridized carbons (Fsp3) is 0.381. The predicted molar refractivity (Wildman–Crippen MR) is 99.8 cm³/mol. The monoisotopic (exact) mass is 325 g/mol. The molecule has 1 N–H and O–H groups in total. The molecule has 128 valence electrons. The molecule has 0 radical (unpaired) electrons. The van der Waals surface area contributed by atoms with Crippen LogP contribution in [-0.4, -0.2) is 12.5 Å². The van der Waals surface area contributed by atoms with E-state index in [4.69, 9.17) is 4.74 Å². The maximum Gasteiger partial charge on any atom is 0.262 e. The van der Waals surface area contributed by atoms with Crippen molar-refractivity contribution in [2.75, 3.05) is 11.9 Å². The van der Waals surface area contributed by atoms with Gasteiger partial charge in [0.05, 0.1) is 0 Å². The molecule has 0 aromatic heterocycles. The van der Waals surface area contributed by atoms with Gasteiger partial charge in [-0.1, -0.05) is 52.0 Å². The molecule has 3 nitrogen and oxygen atoms in total. The van der Waals surface area contributed by atoms with Gasteiger partial charge >= 0.3 is 0 Å². The first kappa shape index (κ1) is 18.1. The lowest BCUT2D eigenvalue weighted by Gasteiger charge is -2.11. The molecule has 0 unspecified atom stereocenters. The summed E-state index contributed by atoms with van der Waals surface area (Å²) < 4.78 is 5.56. The van der Waals surface area contributed by atoms with Gasteiger partial charge in [0, 0.05) is 5.69 Å². The Morgan fingerprint density at radius 2 is 1.54 bits per heavy atom. The first-order chi connectivity index (χ1) is 11.5. The molecule has 0 spiro atoms. The number of hydrogen-bond acceptors (Lipinski definition) is 2. The van der Waals surface area contributed by atoms with Crippen LogP contribution >= 0.6 is 0 Å². The second-order valence-electron chi connectivity index (χ2n) is 6.49. The standard InChI is InChI=1S/C21H27NO2/c1-5-16(4)18-8-12-20(13-9-18)24-14-21(23)22-19-10-6-17(7-11-19)15(2)3/h6-13,15-16H,5,14H2,1-4H3,(H,22,23)/t16-/m1/s1. The van der Waals surface area contributed by atoms with Crippen LogP contribution in [0.25, 0.3) is 0 Å². The van der Waals surface area contributed by atoms with Gasteiger partial charge in [-0.3, -0.25) is 4.79 Å². The number of anilines is 1. The molecule has 0 bridgehead atoms. The van der Waals surface area contributed by atoms with E-state index >= 15 is 0 Å². The van der Waals surface area contributed by atoms with E-state index in [9.17, 15) is 4.79 Å². The minimum atomic E-state index is -0.154. The summed E-state index contributed by atoms with van der Waals surface area (Å²) in [5.74, 6) is 1.58. The molecular weight excluding hydrogens is 298 g/mol. The minimum Gasteiger partial charge on any atom is -0.484 e. The SMILES string of the molecule is CC[C@@H](C)c1ccc(OCC(=O)Nc2ccc(C(C)C)cc2)cc1. The molecular formula is C21H27NO2. The number of hydrogen-bond donors (Lipinski definition) is 1. The third-order valence-corrected chi connectivity index (χ3v) is 4.29. The van der Waals surface area contributed by atoms with Gasteiger partial charge in [0.2, 0.25) is 0 Å². The lowest BCUT2D eigenvalue weighted by molar-refractivity contribution is -0.118. The molecule has 1 atom stereocenters. The molecule has 0 saturated heterocycles. The quantitative estimate of drug-likeness (QED) is 0.746. The fourth-order valence-electron chi connectivity index (χ4n) is 2.43. The van der Waals surface area contributed by atoms with Gasteiger partial charge in [0.15, 0.2) is 6.61 Å². The lowest BCUT2D eigenvalue weighted by atomic mass is 9.99. The van der Waals surface area contributed by atoms with Crippen LogP contribution < -0.4 is 10.1 Å². The third-order valence-electron chi connectivity index (χ3n) is 4.29. The van der Waals surface area contributed by atoms with E-state index in [0.29, 0.717) is 17.6 Å². The van der Waals surface area contributed by atoms with Crippen LogP contribution in [0, 0.1) is 0 Å². The predicted octanol–water partition coefficient (Wildman–Crippen LogP) is 5.34. The zero-order chi connectivity index (χ0) is 17.5. The highest BCUT2D eigenvalue weighted by Gasteiger charge is 2.06. The van der Waals surface area contributed by atoms with Gasteiger partial charge in [-0.05, 0) is 53.6 Å². The van der Waals surface area contributed by atoms with Gasteiger partial charge in [-0.2, -0.15) is 0 Å². The average molecular weight is 325 g/mol. The van der Waals surface area contributed by atoms with Crippen LogP contribution in [0.15, 0.2) is 48.5 Å². The second kappa shape index (κ2) is 8.53. The largest absolute Gasteiger partial charge is 0.484 e. The van der Waals surface area contributed by atoms with E-state index < -0.39 is 0 Å². The number of ether oxygens (including phenoxy) is 1. The molecule has 2 aromatic rings. The maximum absolute atomic E-state index is 12.0. The molecule has 0 aliphatic heterocycles. The average Bonchev–Trinajstić information content (AvgIpc) is 2.60. The Kier molecular flexibility index (Phi) is 6.42. The van der Waals surface area contributed by atoms with Crippen molar-refractivity contribution in [3.8, 4) is 5.75 Å². The van der Waals surface area contributed by atoms with E-state index in [1.165, 1.54) is 11.1 Å². The van der Waals surface area contributed by atoms with Crippen molar-refractivity contribution in [1.82, 2.24) is 0 Å². The van der Waals surface area contributed by atoms with Crippen molar-refractivity contribution in [2.24, 2.45) is 0 Å². The summed E-state index contributed by atoms with van der Waals surface area (Å²) in [6.07, 6.45) is 1.11.